The third-order valence-electron chi connectivity index (χ3n) is 2.17. The Kier molecular flexibility index (Phi) is 3.75. The van der Waals surface area contributed by atoms with Crippen molar-refractivity contribution in [2.24, 2.45) is 0 Å². The normalized spacial score (nSPS) is 10.2. The second-order valence-corrected chi connectivity index (χ2v) is 4.87. The van der Waals surface area contributed by atoms with Crippen molar-refractivity contribution in [3.8, 4) is 0 Å². The molecule has 1 aromatic carbocycles. The van der Waals surface area contributed by atoms with Crippen LogP contribution in [0.25, 0.3) is 0 Å². The average Bonchev–Trinajstić information content (AvgIpc) is 2.78. The van der Waals surface area contributed by atoms with Gasteiger partial charge in [-0.25, -0.2) is 9.78 Å². The van der Waals surface area contributed by atoms with Crippen LogP contribution < -0.4 is 5.32 Å². The average molecular weight is 313 g/mol. The van der Waals surface area contributed by atoms with Crippen molar-refractivity contribution in [1.29, 1.82) is 0 Å². The molecule has 0 radical (unpaired) electrons. The van der Waals surface area contributed by atoms with Crippen LogP contribution in [0.5, 0.6) is 0 Å². The van der Waals surface area contributed by atoms with Gasteiger partial charge in [0.2, 0.25) is 0 Å². The van der Waals surface area contributed by atoms with Crippen molar-refractivity contribution in [3.63, 3.8) is 0 Å². The predicted molar refractivity (Wildman–Crippen MR) is 70.5 cm³/mol. The number of aromatic nitrogens is 1. The van der Waals surface area contributed by atoms with Crippen LogP contribution in [0, 0.1) is 0 Å². The summed E-state index contributed by atoms with van der Waals surface area (Å²) in [6, 6.07) is 5.23. The highest BCUT2D eigenvalue weighted by Crippen LogP contribution is 2.25. The molecule has 0 saturated heterocycles. The Bertz CT molecular complexity index is 528. The lowest BCUT2D eigenvalue weighted by Crippen LogP contribution is -2.07. The van der Waals surface area contributed by atoms with E-state index < -0.39 is 5.97 Å². The standard InChI is InChI=1S/C11H9BrN2O2S/c12-8-2-1-3-9(10(8)11(15)16)13-4-7-5-17-6-14-7/h1-3,5-6,13H,4H2,(H,15,16). The summed E-state index contributed by atoms with van der Waals surface area (Å²) in [6.45, 7) is 0.514. The summed E-state index contributed by atoms with van der Waals surface area (Å²) in [5.41, 5.74) is 3.46. The molecule has 1 aromatic heterocycles. The number of anilines is 1. The quantitative estimate of drug-likeness (QED) is 0.910. The monoisotopic (exact) mass is 312 g/mol. The lowest BCUT2D eigenvalue weighted by atomic mass is 10.2. The number of rotatable bonds is 4. The predicted octanol–water partition coefficient (Wildman–Crippen LogP) is 3.22. The number of carboxylic acid groups (broad SMARTS) is 1. The van der Waals surface area contributed by atoms with Crippen LogP contribution in [0.1, 0.15) is 16.1 Å². The number of hydrogen-bond acceptors (Lipinski definition) is 4. The number of benzene rings is 1. The summed E-state index contributed by atoms with van der Waals surface area (Å²) >= 11 is 4.74. The van der Waals surface area contributed by atoms with E-state index in [4.69, 9.17) is 5.11 Å². The number of halogens is 1. The van der Waals surface area contributed by atoms with Crippen LogP contribution in [-0.2, 0) is 6.54 Å². The first kappa shape index (κ1) is 12.1. The minimum atomic E-state index is -0.960. The molecule has 2 N–H and O–H groups in total. The Balaban J connectivity index is 2.21. The van der Waals surface area contributed by atoms with Gasteiger partial charge in [-0.05, 0) is 28.1 Å². The summed E-state index contributed by atoms with van der Waals surface area (Å²) < 4.78 is 0.563. The largest absolute Gasteiger partial charge is 0.478 e. The zero-order valence-corrected chi connectivity index (χ0v) is 11.1. The van der Waals surface area contributed by atoms with Gasteiger partial charge >= 0.3 is 5.97 Å². The maximum absolute atomic E-state index is 11.1. The molecule has 0 amide bonds. The Labute approximate surface area is 110 Å². The molecule has 4 nitrogen and oxygen atoms in total. The molecule has 6 heteroatoms. The van der Waals surface area contributed by atoms with Gasteiger partial charge in [-0.2, -0.15) is 0 Å². The van der Waals surface area contributed by atoms with Crippen molar-refractivity contribution < 1.29 is 9.90 Å². The molecule has 0 unspecified atom stereocenters. The number of carbonyl (C=O) groups is 1. The second-order valence-electron chi connectivity index (χ2n) is 3.30. The van der Waals surface area contributed by atoms with Crippen LogP contribution in [0.3, 0.4) is 0 Å². The van der Waals surface area contributed by atoms with Crippen LogP contribution in [0.15, 0.2) is 33.6 Å². The summed E-state index contributed by atoms with van der Waals surface area (Å²) in [7, 11) is 0. The van der Waals surface area contributed by atoms with Crippen LogP contribution in [-0.4, -0.2) is 16.1 Å². The zero-order chi connectivity index (χ0) is 12.3. The maximum Gasteiger partial charge on any atom is 0.338 e. The SMILES string of the molecule is O=C(O)c1c(Br)cccc1NCc1cscn1. The molecule has 0 bridgehead atoms. The summed E-state index contributed by atoms with van der Waals surface area (Å²) in [5, 5.41) is 14.1. The van der Waals surface area contributed by atoms with Crippen molar-refractivity contribution >= 4 is 38.9 Å². The van der Waals surface area contributed by atoms with E-state index in [9.17, 15) is 4.79 Å². The van der Waals surface area contributed by atoms with Crippen molar-refractivity contribution in [1.82, 2.24) is 4.98 Å². The van der Waals surface area contributed by atoms with Gasteiger partial charge in [0.1, 0.15) is 0 Å². The number of nitrogens with zero attached hydrogens (tertiary/aromatic N) is 1. The van der Waals surface area contributed by atoms with E-state index in [1.54, 1.807) is 23.7 Å². The van der Waals surface area contributed by atoms with Crippen molar-refractivity contribution in [3.05, 3.63) is 44.8 Å². The van der Waals surface area contributed by atoms with Gasteiger partial charge in [-0.1, -0.05) is 6.07 Å². The number of hydrogen-bond donors (Lipinski definition) is 2. The highest BCUT2D eigenvalue weighted by Gasteiger charge is 2.13. The van der Waals surface area contributed by atoms with Gasteiger partial charge < -0.3 is 10.4 Å². The molecule has 0 aliphatic rings. The van der Waals surface area contributed by atoms with E-state index in [-0.39, 0.29) is 5.56 Å². The second kappa shape index (κ2) is 5.29. The van der Waals surface area contributed by atoms with Gasteiger partial charge in [0.15, 0.2) is 0 Å². The Hall–Kier alpha value is -1.40. The first-order chi connectivity index (χ1) is 8.18. The third kappa shape index (κ3) is 2.83. The highest BCUT2D eigenvalue weighted by atomic mass is 79.9. The summed E-state index contributed by atoms with van der Waals surface area (Å²) in [5.74, 6) is -0.960. The number of carboxylic acids is 1. The number of nitrogens with one attached hydrogen (secondary N) is 1. The minimum Gasteiger partial charge on any atom is -0.478 e. The Morgan fingerprint density at radius 1 is 1.53 bits per heavy atom. The number of thiazole rings is 1. The van der Waals surface area contributed by atoms with Crippen molar-refractivity contribution in [2.45, 2.75) is 6.54 Å². The first-order valence-electron chi connectivity index (χ1n) is 4.81. The summed E-state index contributed by atoms with van der Waals surface area (Å²) in [4.78, 5) is 15.2. The molecule has 0 aliphatic carbocycles. The molecule has 0 atom stereocenters. The van der Waals surface area contributed by atoms with Crippen LogP contribution in [0.2, 0.25) is 0 Å². The maximum atomic E-state index is 11.1. The van der Waals surface area contributed by atoms with Gasteiger partial charge in [0.05, 0.1) is 29.0 Å². The van der Waals surface area contributed by atoms with E-state index in [1.165, 1.54) is 11.3 Å². The molecule has 0 saturated carbocycles. The molecule has 0 aliphatic heterocycles. The van der Waals surface area contributed by atoms with Gasteiger partial charge in [0.25, 0.3) is 0 Å². The van der Waals surface area contributed by atoms with Crippen LogP contribution in [0.4, 0.5) is 5.69 Å². The van der Waals surface area contributed by atoms with Gasteiger partial charge in [0, 0.05) is 9.85 Å². The molecule has 0 fully saturated rings. The third-order valence-corrected chi connectivity index (χ3v) is 3.47. The fourth-order valence-corrected chi connectivity index (χ4v) is 2.49. The lowest BCUT2D eigenvalue weighted by Gasteiger charge is -2.09. The first-order valence-corrected chi connectivity index (χ1v) is 6.55. The molecule has 88 valence electrons. The summed E-state index contributed by atoms with van der Waals surface area (Å²) in [6.07, 6.45) is 0. The van der Waals surface area contributed by atoms with Gasteiger partial charge in [-0.3, -0.25) is 0 Å². The van der Waals surface area contributed by atoms with Crippen LogP contribution >= 0.6 is 27.3 Å². The molecule has 0 spiro atoms. The van der Waals surface area contributed by atoms with E-state index in [0.29, 0.717) is 16.7 Å². The number of aromatic carboxylic acids is 1. The smallest absolute Gasteiger partial charge is 0.338 e. The van der Waals surface area contributed by atoms with E-state index in [2.05, 4.69) is 26.2 Å². The fraction of sp³-hybridized carbons (Fsp3) is 0.0909. The molecule has 2 rings (SSSR count). The van der Waals surface area contributed by atoms with Gasteiger partial charge in [-0.15, -0.1) is 11.3 Å². The topological polar surface area (TPSA) is 62.2 Å². The molecule has 17 heavy (non-hydrogen) atoms. The fourth-order valence-electron chi connectivity index (χ4n) is 1.40. The van der Waals surface area contributed by atoms with E-state index in [0.717, 1.165) is 5.69 Å². The molecule has 2 aromatic rings. The molecule has 1 heterocycles. The minimum absolute atomic E-state index is 0.239. The Morgan fingerprint density at radius 3 is 3.00 bits per heavy atom. The molecular formula is C11H9BrN2O2S. The Morgan fingerprint density at radius 2 is 2.35 bits per heavy atom. The lowest BCUT2D eigenvalue weighted by molar-refractivity contribution is 0.0697. The highest BCUT2D eigenvalue weighted by molar-refractivity contribution is 9.10. The van der Waals surface area contributed by atoms with E-state index in [1.807, 2.05) is 5.38 Å². The van der Waals surface area contributed by atoms with Crippen molar-refractivity contribution in [2.75, 3.05) is 5.32 Å². The van der Waals surface area contributed by atoms with E-state index >= 15 is 0 Å². The molecular weight excluding hydrogens is 304 g/mol. The zero-order valence-electron chi connectivity index (χ0n) is 8.68.